The largest absolute Gasteiger partial charge is 0.480 e. The van der Waals surface area contributed by atoms with Crippen molar-refractivity contribution in [1.29, 1.82) is 0 Å². The van der Waals surface area contributed by atoms with Crippen LogP contribution in [0.2, 0.25) is 5.15 Å². The van der Waals surface area contributed by atoms with Crippen LogP contribution in [0.25, 0.3) is 11.1 Å². The molecule has 232 valence electrons. The van der Waals surface area contributed by atoms with Crippen LogP contribution in [0.5, 0.6) is 0 Å². The normalized spacial score (nSPS) is 15.2. The molecule has 2 amide bonds. The molecule has 1 aliphatic heterocycles. The van der Waals surface area contributed by atoms with Crippen molar-refractivity contribution < 1.29 is 19.5 Å². The molecule has 0 radical (unpaired) electrons. The fourth-order valence-electron chi connectivity index (χ4n) is 4.81. The molecule has 1 atom stereocenters. The number of nitrogen functional groups attached to an aromatic ring is 2. The SMILES string of the molecule is NC(=NCCCCc1ccc(-c2ccc(CCC(=O)N3CCNC[C@@H]3C(=O)O)cc2)cc1)NC(=O)c1nc(Cl)c(N)nc1N. The number of rotatable bonds is 11. The van der Waals surface area contributed by atoms with E-state index in [2.05, 4.69) is 49.9 Å². The second kappa shape index (κ2) is 15.1. The minimum atomic E-state index is -0.983. The number of carboxylic acid groups (broad SMARTS) is 1. The van der Waals surface area contributed by atoms with Crippen molar-refractivity contribution in [3.05, 3.63) is 70.5 Å². The average molecular weight is 622 g/mol. The molecule has 44 heavy (non-hydrogen) atoms. The number of aliphatic imine (C=N–C) groups is 1. The van der Waals surface area contributed by atoms with Crippen LogP contribution >= 0.6 is 11.6 Å². The number of amides is 2. The molecule has 14 heteroatoms. The quantitative estimate of drug-likeness (QED) is 0.104. The average Bonchev–Trinajstić information content (AvgIpc) is 3.02. The number of guanidine groups is 1. The molecule has 1 aliphatic rings. The first-order valence-corrected chi connectivity index (χ1v) is 14.6. The number of nitrogens with two attached hydrogens (primary N) is 3. The van der Waals surface area contributed by atoms with E-state index in [9.17, 15) is 19.5 Å². The summed E-state index contributed by atoms with van der Waals surface area (Å²) in [6.45, 7) is 1.71. The molecule has 13 nitrogen and oxygen atoms in total. The van der Waals surface area contributed by atoms with Gasteiger partial charge in [0.05, 0.1) is 0 Å². The molecule has 9 N–H and O–H groups in total. The number of nitrogens with one attached hydrogen (secondary N) is 2. The first-order chi connectivity index (χ1) is 21.1. The summed E-state index contributed by atoms with van der Waals surface area (Å²) in [7, 11) is 0. The Morgan fingerprint density at radius 1 is 0.977 bits per heavy atom. The van der Waals surface area contributed by atoms with Crippen molar-refractivity contribution >= 4 is 47.0 Å². The topological polar surface area (TPSA) is 215 Å². The molecule has 0 unspecified atom stereocenters. The van der Waals surface area contributed by atoms with Crippen LogP contribution in [-0.4, -0.2) is 75.9 Å². The van der Waals surface area contributed by atoms with Crippen LogP contribution in [0.3, 0.4) is 0 Å². The van der Waals surface area contributed by atoms with Gasteiger partial charge in [-0.1, -0.05) is 60.1 Å². The van der Waals surface area contributed by atoms with E-state index >= 15 is 0 Å². The Bertz CT molecular complexity index is 1510. The Hall–Kier alpha value is -4.75. The van der Waals surface area contributed by atoms with Gasteiger partial charge in [-0.05, 0) is 47.9 Å². The number of aryl methyl sites for hydroxylation is 2. The zero-order chi connectivity index (χ0) is 31.6. The number of benzene rings is 2. The number of unbranched alkanes of at least 4 members (excludes halogenated alkanes) is 1. The fourth-order valence-corrected chi connectivity index (χ4v) is 4.94. The fraction of sp³-hybridized carbons (Fsp3) is 0.333. The number of aliphatic carboxylic acids is 1. The van der Waals surface area contributed by atoms with Crippen molar-refractivity contribution in [1.82, 2.24) is 25.5 Å². The molecule has 1 saturated heterocycles. The molecular formula is C30H36ClN9O4. The lowest BCUT2D eigenvalue weighted by Gasteiger charge is -2.33. The lowest BCUT2D eigenvalue weighted by molar-refractivity contribution is -0.151. The second-order valence-electron chi connectivity index (χ2n) is 10.4. The summed E-state index contributed by atoms with van der Waals surface area (Å²) < 4.78 is 0. The zero-order valence-corrected chi connectivity index (χ0v) is 24.9. The molecule has 1 fully saturated rings. The van der Waals surface area contributed by atoms with Gasteiger partial charge in [0.25, 0.3) is 5.91 Å². The molecule has 0 saturated carbocycles. The van der Waals surface area contributed by atoms with Gasteiger partial charge in [0.2, 0.25) is 5.91 Å². The molecule has 1 aromatic heterocycles. The van der Waals surface area contributed by atoms with E-state index < -0.39 is 17.9 Å². The maximum absolute atomic E-state index is 12.7. The summed E-state index contributed by atoms with van der Waals surface area (Å²) in [5.74, 6) is -2.08. The van der Waals surface area contributed by atoms with Gasteiger partial charge in [0.1, 0.15) is 6.04 Å². The molecule has 4 rings (SSSR count). The van der Waals surface area contributed by atoms with E-state index in [0.29, 0.717) is 26.1 Å². The van der Waals surface area contributed by atoms with Crippen LogP contribution in [0.1, 0.15) is 40.9 Å². The number of carbonyl (C=O) groups is 3. The third-order valence-corrected chi connectivity index (χ3v) is 7.51. The number of halogens is 1. The lowest BCUT2D eigenvalue weighted by atomic mass is 9.99. The van der Waals surface area contributed by atoms with E-state index in [4.69, 9.17) is 28.8 Å². The highest BCUT2D eigenvalue weighted by Gasteiger charge is 2.31. The number of aromatic nitrogens is 2. The van der Waals surface area contributed by atoms with E-state index in [1.165, 1.54) is 10.5 Å². The minimum absolute atomic E-state index is 0.0579. The number of hydrogen-bond donors (Lipinski definition) is 6. The predicted octanol–water partition coefficient (Wildman–Crippen LogP) is 1.85. The highest BCUT2D eigenvalue weighted by atomic mass is 35.5. The van der Waals surface area contributed by atoms with E-state index in [-0.39, 0.29) is 47.3 Å². The van der Waals surface area contributed by atoms with Crippen LogP contribution < -0.4 is 27.8 Å². The number of piperazine rings is 1. The predicted molar refractivity (Wildman–Crippen MR) is 169 cm³/mol. The maximum atomic E-state index is 12.7. The van der Waals surface area contributed by atoms with Crippen LogP contribution in [0.15, 0.2) is 53.5 Å². The van der Waals surface area contributed by atoms with Gasteiger partial charge in [-0.3, -0.25) is 19.9 Å². The van der Waals surface area contributed by atoms with Gasteiger partial charge >= 0.3 is 5.97 Å². The van der Waals surface area contributed by atoms with Gasteiger partial charge in [0, 0.05) is 32.6 Å². The summed E-state index contributed by atoms with van der Waals surface area (Å²) in [5.41, 5.74) is 21.2. The van der Waals surface area contributed by atoms with E-state index in [1.807, 2.05) is 24.3 Å². The molecule has 0 spiro atoms. The summed E-state index contributed by atoms with van der Waals surface area (Å²) in [4.78, 5) is 49.7. The van der Waals surface area contributed by atoms with Gasteiger partial charge in [-0.25, -0.2) is 14.8 Å². The Balaban J connectivity index is 1.19. The third-order valence-electron chi connectivity index (χ3n) is 7.23. The Labute approximate surface area is 259 Å². The second-order valence-corrected chi connectivity index (χ2v) is 10.7. The molecule has 2 aromatic carbocycles. The van der Waals surface area contributed by atoms with Crippen LogP contribution in [-0.2, 0) is 22.4 Å². The standard InChI is InChI=1S/C30H36ClN9O4/c31-25-27(33)38-26(32)24(37-25)28(42)39-30(34)36-14-2-1-3-18-4-9-20(10-5-18)21-11-6-19(7-12-21)8-13-23(41)40-16-15-35-17-22(40)29(43)44/h4-7,9-12,22,35H,1-3,8,13-17H2,(H,43,44)(H4,32,33,38)(H3,34,36,39,42)/t22-/m1/s1. The summed E-state index contributed by atoms with van der Waals surface area (Å²) >= 11 is 5.81. The van der Waals surface area contributed by atoms with Gasteiger partial charge in [-0.2, -0.15) is 0 Å². The highest BCUT2D eigenvalue weighted by Crippen LogP contribution is 2.22. The minimum Gasteiger partial charge on any atom is -0.480 e. The van der Waals surface area contributed by atoms with Crippen LogP contribution in [0.4, 0.5) is 11.6 Å². The third kappa shape index (κ3) is 8.64. The van der Waals surface area contributed by atoms with E-state index in [1.54, 1.807) is 0 Å². The molecule has 0 aliphatic carbocycles. The molecule has 0 bridgehead atoms. The summed E-state index contributed by atoms with van der Waals surface area (Å²) in [5, 5.41) is 14.7. The van der Waals surface area contributed by atoms with Crippen molar-refractivity contribution in [2.75, 3.05) is 37.6 Å². The Kier molecular flexibility index (Phi) is 11.1. The number of nitrogens with zero attached hydrogens (tertiary/aromatic N) is 4. The van der Waals surface area contributed by atoms with E-state index in [0.717, 1.165) is 36.0 Å². The smallest absolute Gasteiger partial charge is 0.327 e. The van der Waals surface area contributed by atoms with Gasteiger partial charge in [0.15, 0.2) is 28.4 Å². The van der Waals surface area contributed by atoms with Gasteiger partial charge in [-0.15, -0.1) is 0 Å². The Morgan fingerprint density at radius 3 is 2.25 bits per heavy atom. The number of carbonyl (C=O) groups excluding carboxylic acids is 2. The van der Waals surface area contributed by atoms with Crippen molar-refractivity contribution in [2.45, 2.75) is 38.1 Å². The zero-order valence-electron chi connectivity index (χ0n) is 24.1. The van der Waals surface area contributed by atoms with Crippen molar-refractivity contribution in [3.63, 3.8) is 0 Å². The lowest BCUT2D eigenvalue weighted by Crippen LogP contribution is -2.57. The van der Waals surface area contributed by atoms with Gasteiger partial charge < -0.3 is 32.5 Å². The monoisotopic (exact) mass is 621 g/mol. The molecular weight excluding hydrogens is 586 g/mol. The number of carboxylic acids is 1. The van der Waals surface area contributed by atoms with Crippen molar-refractivity contribution in [2.24, 2.45) is 10.7 Å². The number of anilines is 2. The maximum Gasteiger partial charge on any atom is 0.327 e. The molecule has 2 heterocycles. The van der Waals surface area contributed by atoms with Crippen molar-refractivity contribution in [3.8, 4) is 11.1 Å². The van der Waals surface area contributed by atoms with Crippen LogP contribution in [0, 0.1) is 0 Å². The first-order valence-electron chi connectivity index (χ1n) is 14.2. The molecule has 3 aromatic rings. The number of hydrogen-bond acceptors (Lipinski definition) is 9. The highest BCUT2D eigenvalue weighted by molar-refractivity contribution is 6.31. The summed E-state index contributed by atoms with van der Waals surface area (Å²) in [6.07, 6.45) is 3.33. The Morgan fingerprint density at radius 2 is 1.61 bits per heavy atom. The first kappa shape index (κ1) is 32.2. The summed E-state index contributed by atoms with van der Waals surface area (Å²) in [6, 6.07) is 15.6.